The molecule has 76 valence electrons. The Balaban J connectivity index is 2.99. The van der Waals surface area contributed by atoms with Crippen molar-refractivity contribution >= 4 is 11.6 Å². The number of rotatable bonds is 3. The maximum atomic E-state index is 11.9. The van der Waals surface area contributed by atoms with E-state index in [-0.39, 0.29) is 11.7 Å². The predicted octanol–water partition coefficient (Wildman–Crippen LogP) is 0.934. The van der Waals surface area contributed by atoms with E-state index in [9.17, 15) is 9.18 Å². The molecule has 0 unspecified atom stereocenters. The van der Waals surface area contributed by atoms with E-state index < -0.39 is 6.86 Å². The van der Waals surface area contributed by atoms with E-state index in [0.717, 1.165) is 0 Å². The monoisotopic (exact) mass is 198 g/mol. The third-order valence-electron chi connectivity index (χ3n) is 1.71. The van der Waals surface area contributed by atoms with Crippen LogP contribution in [0.15, 0.2) is 18.2 Å². The van der Waals surface area contributed by atoms with Gasteiger partial charge in [0.15, 0.2) is 0 Å². The van der Waals surface area contributed by atoms with Crippen molar-refractivity contribution in [3.8, 4) is 5.75 Å². The zero-order valence-corrected chi connectivity index (χ0v) is 7.71. The number of nitrogens with one attached hydrogen (secondary N) is 1. The summed E-state index contributed by atoms with van der Waals surface area (Å²) in [5.74, 6) is -0.0951. The van der Waals surface area contributed by atoms with Gasteiger partial charge in [-0.25, -0.2) is 4.39 Å². The highest BCUT2D eigenvalue weighted by atomic mass is 19.1. The SMILES string of the molecule is CNC(=O)c1ccc(N)c(OCF)c1. The van der Waals surface area contributed by atoms with Crippen LogP contribution >= 0.6 is 0 Å². The van der Waals surface area contributed by atoms with Crippen LogP contribution in [0.2, 0.25) is 0 Å². The lowest BCUT2D eigenvalue weighted by atomic mass is 10.2. The number of hydrogen-bond acceptors (Lipinski definition) is 3. The molecule has 1 aromatic rings. The first-order valence-corrected chi connectivity index (χ1v) is 3.99. The third-order valence-corrected chi connectivity index (χ3v) is 1.71. The molecule has 1 aromatic carbocycles. The van der Waals surface area contributed by atoms with E-state index in [4.69, 9.17) is 5.73 Å². The molecule has 0 heterocycles. The first-order valence-electron chi connectivity index (χ1n) is 3.99. The summed E-state index contributed by atoms with van der Waals surface area (Å²) >= 11 is 0. The number of carbonyl (C=O) groups is 1. The number of halogens is 1. The zero-order valence-electron chi connectivity index (χ0n) is 7.71. The van der Waals surface area contributed by atoms with Crippen molar-refractivity contribution in [2.75, 3.05) is 19.6 Å². The molecule has 0 atom stereocenters. The van der Waals surface area contributed by atoms with Gasteiger partial charge in [0.1, 0.15) is 5.75 Å². The van der Waals surface area contributed by atoms with Gasteiger partial charge in [-0.1, -0.05) is 0 Å². The van der Waals surface area contributed by atoms with Crippen LogP contribution < -0.4 is 15.8 Å². The molecule has 0 aromatic heterocycles. The summed E-state index contributed by atoms with van der Waals surface area (Å²) in [6, 6.07) is 4.43. The van der Waals surface area contributed by atoms with Crippen LogP contribution in [0.5, 0.6) is 5.75 Å². The van der Waals surface area contributed by atoms with E-state index in [0.29, 0.717) is 11.3 Å². The summed E-state index contributed by atoms with van der Waals surface area (Å²) in [5, 5.41) is 2.44. The van der Waals surface area contributed by atoms with Crippen molar-refractivity contribution in [3.63, 3.8) is 0 Å². The average molecular weight is 198 g/mol. The van der Waals surface area contributed by atoms with Gasteiger partial charge in [-0.2, -0.15) is 0 Å². The van der Waals surface area contributed by atoms with Gasteiger partial charge in [0.05, 0.1) is 5.69 Å². The molecule has 0 saturated heterocycles. The molecule has 0 radical (unpaired) electrons. The molecule has 0 aliphatic rings. The summed E-state index contributed by atoms with van der Waals surface area (Å²) < 4.78 is 16.5. The van der Waals surface area contributed by atoms with Crippen LogP contribution in [-0.2, 0) is 0 Å². The molecule has 0 saturated carbocycles. The van der Waals surface area contributed by atoms with Crippen LogP contribution in [-0.4, -0.2) is 19.8 Å². The topological polar surface area (TPSA) is 64.4 Å². The molecule has 3 N–H and O–H groups in total. The third kappa shape index (κ3) is 2.12. The normalized spacial score (nSPS) is 9.57. The van der Waals surface area contributed by atoms with Crippen LogP contribution in [0.1, 0.15) is 10.4 Å². The summed E-state index contributed by atoms with van der Waals surface area (Å²) in [4.78, 5) is 11.2. The number of anilines is 1. The quantitative estimate of drug-likeness (QED) is 0.710. The van der Waals surface area contributed by atoms with Gasteiger partial charge in [-0.05, 0) is 18.2 Å². The summed E-state index contributed by atoms with van der Waals surface area (Å²) in [7, 11) is 1.51. The minimum absolute atomic E-state index is 0.175. The van der Waals surface area contributed by atoms with Crippen LogP contribution in [0.4, 0.5) is 10.1 Å². The minimum Gasteiger partial charge on any atom is -0.461 e. The Morgan fingerprint density at radius 2 is 2.36 bits per heavy atom. The van der Waals surface area contributed by atoms with Crippen LogP contribution in [0, 0.1) is 0 Å². The molecule has 14 heavy (non-hydrogen) atoms. The second-order valence-electron chi connectivity index (χ2n) is 2.59. The highest BCUT2D eigenvalue weighted by Crippen LogP contribution is 2.22. The van der Waals surface area contributed by atoms with Gasteiger partial charge in [-0.15, -0.1) is 0 Å². The van der Waals surface area contributed by atoms with E-state index in [2.05, 4.69) is 10.1 Å². The first kappa shape index (κ1) is 10.3. The lowest BCUT2D eigenvalue weighted by Crippen LogP contribution is -2.17. The number of benzene rings is 1. The average Bonchev–Trinajstić information content (AvgIpc) is 2.20. The number of nitrogen functional groups attached to an aromatic ring is 1. The highest BCUT2D eigenvalue weighted by molar-refractivity contribution is 5.94. The Bertz CT molecular complexity index is 342. The summed E-state index contributed by atoms with van der Waals surface area (Å²) in [6.45, 7) is -0.971. The van der Waals surface area contributed by atoms with Gasteiger partial charge < -0.3 is 15.8 Å². The fraction of sp³-hybridized carbons (Fsp3) is 0.222. The van der Waals surface area contributed by atoms with E-state index in [1.165, 1.54) is 19.2 Å². The van der Waals surface area contributed by atoms with Crippen molar-refractivity contribution in [2.24, 2.45) is 0 Å². The second-order valence-corrected chi connectivity index (χ2v) is 2.59. The molecule has 0 aliphatic carbocycles. The molecule has 0 fully saturated rings. The number of ether oxygens (including phenoxy) is 1. The van der Waals surface area contributed by atoms with Gasteiger partial charge in [0.25, 0.3) is 5.91 Å². The Morgan fingerprint density at radius 3 is 2.93 bits per heavy atom. The van der Waals surface area contributed by atoms with Gasteiger partial charge in [-0.3, -0.25) is 4.79 Å². The second kappa shape index (κ2) is 4.45. The molecule has 0 spiro atoms. The minimum atomic E-state index is -0.971. The van der Waals surface area contributed by atoms with Crippen molar-refractivity contribution in [1.82, 2.24) is 5.32 Å². The summed E-state index contributed by atoms with van der Waals surface area (Å²) in [5.41, 5.74) is 6.17. The Kier molecular flexibility index (Phi) is 3.28. The van der Waals surface area contributed by atoms with E-state index in [1.807, 2.05) is 0 Å². The number of alkyl halides is 1. The first-order chi connectivity index (χ1) is 6.69. The van der Waals surface area contributed by atoms with Gasteiger partial charge >= 0.3 is 0 Å². The lowest BCUT2D eigenvalue weighted by molar-refractivity contribution is 0.0962. The van der Waals surface area contributed by atoms with Gasteiger partial charge in [0.2, 0.25) is 6.86 Å². The standard InChI is InChI=1S/C9H11FN2O2/c1-12-9(13)6-2-3-7(11)8(4-6)14-5-10/h2-4H,5,11H2,1H3,(H,12,13). The fourth-order valence-corrected chi connectivity index (χ4v) is 1.00. The molecular weight excluding hydrogens is 187 g/mol. The highest BCUT2D eigenvalue weighted by Gasteiger charge is 2.07. The van der Waals surface area contributed by atoms with Crippen LogP contribution in [0.25, 0.3) is 0 Å². The van der Waals surface area contributed by atoms with Crippen molar-refractivity contribution < 1.29 is 13.9 Å². The van der Waals surface area contributed by atoms with Crippen molar-refractivity contribution in [1.29, 1.82) is 0 Å². The fourth-order valence-electron chi connectivity index (χ4n) is 1.00. The Morgan fingerprint density at radius 1 is 1.64 bits per heavy atom. The largest absolute Gasteiger partial charge is 0.461 e. The molecule has 4 nitrogen and oxygen atoms in total. The molecule has 0 bridgehead atoms. The number of carbonyl (C=O) groups excluding carboxylic acids is 1. The van der Waals surface area contributed by atoms with Gasteiger partial charge in [0, 0.05) is 12.6 Å². The number of hydrogen-bond donors (Lipinski definition) is 2. The number of amides is 1. The smallest absolute Gasteiger partial charge is 0.251 e. The Labute approximate surface area is 80.9 Å². The molecule has 5 heteroatoms. The molecule has 0 aliphatic heterocycles. The van der Waals surface area contributed by atoms with Crippen LogP contribution in [0.3, 0.4) is 0 Å². The number of nitrogens with two attached hydrogens (primary N) is 1. The Hall–Kier alpha value is -1.78. The molecule has 1 amide bonds. The maximum absolute atomic E-state index is 11.9. The predicted molar refractivity (Wildman–Crippen MR) is 50.8 cm³/mol. The summed E-state index contributed by atoms with van der Waals surface area (Å²) in [6.07, 6.45) is 0. The molecular formula is C9H11FN2O2. The maximum Gasteiger partial charge on any atom is 0.251 e. The molecule has 1 rings (SSSR count). The lowest BCUT2D eigenvalue weighted by Gasteiger charge is -2.06. The zero-order chi connectivity index (χ0) is 10.6. The van der Waals surface area contributed by atoms with E-state index in [1.54, 1.807) is 6.07 Å². The van der Waals surface area contributed by atoms with Crippen molar-refractivity contribution in [3.05, 3.63) is 23.8 Å². The van der Waals surface area contributed by atoms with E-state index >= 15 is 0 Å². The van der Waals surface area contributed by atoms with Crippen molar-refractivity contribution in [2.45, 2.75) is 0 Å².